The van der Waals surface area contributed by atoms with Crippen LogP contribution < -0.4 is 20.7 Å². The SMILES string of the molecule is c1ccc(-c2ccc(-n3c4ccccc4c4ccc(-n5c6cc(-c7ccccc7)ccc6c6ccc([Si](c7ccccc7)(c7ccccc7)c7ccccc7)cc65)cc43)cc2)cc1. The molecule has 12 rings (SSSR count). The van der Waals surface area contributed by atoms with E-state index in [0.29, 0.717) is 0 Å². The van der Waals surface area contributed by atoms with Crippen LogP contribution in [0.15, 0.2) is 255 Å². The van der Waals surface area contributed by atoms with Gasteiger partial charge in [-0.05, 0) is 85.5 Å². The Hall–Kier alpha value is -7.98. The van der Waals surface area contributed by atoms with Gasteiger partial charge < -0.3 is 9.13 Å². The molecule has 0 spiro atoms. The second-order valence-corrected chi connectivity index (χ2v) is 20.3. The Morgan fingerprint density at radius 2 is 0.603 bits per heavy atom. The molecule has 0 aliphatic rings. The Morgan fingerprint density at radius 1 is 0.222 bits per heavy atom. The van der Waals surface area contributed by atoms with Crippen molar-refractivity contribution < 1.29 is 0 Å². The molecule has 3 heteroatoms. The molecule has 0 saturated heterocycles. The Balaban J connectivity index is 1.15. The van der Waals surface area contributed by atoms with E-state index in [0.717, 1.165) is 11.4 Å². The third kappa shape index (κ3) is 6.00. The maximum atomic E-state index is 2.53. The number of nitrogens with zero attached hydrogens (tertiary/aromatic N) is 2. The molecule has 2 aromatic heterocycles. The van der Waals surface area contributed by atoms with Gasteiger partial charge in [-0.3, -0.25) is 0 Å². The van der Waals surface area contributed by atoms with Gasteiger partial charge >= 0.3 is 0 Å². The van der Waals surface area contributed by atoms with Crippen molar-refractivity contribution in [1.29, 1.82) is 0 Å². The highest BCUT2D eigenvalue weighted by atomic mass is 28.3. The number of benzene rings is 10. The van der Waals surface area contributed by atoms with Crippen molar-refractivity contribution in [2.45, 2.75) is 0 Å². The number of hydrogen-bond acceptors (Lipinski definition) is 0. The van der Waals surface area contributed by atoms with Crippen molar-refractivity contribution in [3.63, 3.8) is 0 Å². The molecule has 0 bridgehead atoms. The summed E-state index contributed by atoms with van der Waals surface area (Å²) in [6.07, 6.45) is 0. The van der Waals surface area contributed by atoms with E-state index >= 15 is 0 Å². The minimum atomic E-state index is -2.82. The first kappa shape index (κ1) is 36.8. The molecule has 0 amide bonds. The van der Waals surface area contributed by atoms with Gasteiger partial charge in [0, 0.05) is 32.9 Å². The first-order valence-corrected chi connectivity index (χ1v) is 23.8. The Kier molecular flexibility index (Phi) is 8.87. The van der Waals surface area contributed by atoms with Crippen molar-refractivity contribution in [1.82, 2.24) is 9.13 Å². The molecular formula is C60H42N2Si. The molecule has 0 saturated carbocycles. The standard InChI is InChI=1S/C60H42N2Si/c1-6-18-43(19-7-1)45-30-33-47(34-31-45)61-57-29-17-16-28-53(57)55-38-35-48(41-59(55)61)62-58-40-46(44-20-8-2-9-21-44)32-37-54(58)56-39-36-52(42-60(56)62)63(49-22-10-3-11-23-49,50-24-12-4-13-25-50)51-26-14-5-15-27-51/h1-42H. The van der Waals surface area contributed by atoms with Crippen LogP contribution in [0.5, 0.6) is 0 Å². The van der Waals surface area contributed by atoms with Gasteiger partial charge in [0.25, 0.3) is 0 Å². The van der Waals surface area contributed by atoms with Gasteiger partial charge in [-0.1, -0.05) is 212 Å². The molecule has 0 atom stereocenters. The number of aromatic nitrogens is 2. The average molecular weight is 819 g/mol. The lowest BCUT2D eigenvalue weighted by atomic mass is 10.0. The molecule has 0 aliphatic carbocycles. The molecule has 10 aromatic carbocycles. The lowest BCUT2D eigenvalue weighted by Gasteiger charge is -2.34. The zero-order valence-electron chi connectivity index (χ0n) is 34.6. The highest BCUT2D eigenvalue weighted by molar-refractivity contribution is 7.20. The quantitative estimate of drug-likeness (QED) is 0.107. The number of rotatable bonds is 8. The van der Waals surface area contributed by atoms with Crippen molar-refractivity contribution in [3.05, 3.63) is 255 Å². The largest absolute Gasteiger partial charge is 0.309 e. The molecular weight excluding hydrogens is 777 g/mol. The Morgan fingerprint density at radius 3 is 1.19 bits per heavy atom. The lowest BCUT2D eigenvalue weighted by Crippen LogP contribution is -2.74. The highest BCUT2D eigenvalue weighted by Gasteiger charge is 2.41. The lowest BCUT2D eigenvalue weighted by molar-refractivity contribution is 1.16. The minimum absolute atomic E-state index is 1.13. The van der Waals surface area contributed by atoms with Gasteiger partial charge in [0.1, 0.15) is 0 Å². The van der Waals surface area contributed by atoms with E-state index in [9.17, 15) is 0 Å². The summed E-state index contributed by atoms with van der Waals surface area (Å²) in [5.74, 6) is 0. The van der Waals surface area contributed by atoms with Crippen LogP contribution in [0.25, 0.3) is 77.2 Å². The zero-order valence-corrected chi connectivity index (χ0v) is 35.6. The topological polar surface area (TPSA) is 9.86 Å². The van der Waals surface area contributed by atoms with Gasteiger partial charge in [0.05, 0.1) is 22.1 Å². The Labute approximate surface area is 368 Å². The van der Waals surface area contributed by atoms with Crippen LogP contribution in [-0.4, -0.2) is 17.2 Å². The van der Waals surface area contributed by atoms with Crippen LogP contribution >= 0.6 is 0 Å². The molecule has 0 radical (unpaired) electrons. The van der Waals surface area contributed by atoms with Crippen LogP contribution in [-0.2, 0) is 0 Å². The third-order valence-electron chi connectivity index (χ3n) is 13.1. The van der Waals surface area contributed by atoms with E-state index in [-0.39, 0.29) is 0 Å². The number of hydrogen-bond donors (Lipinski definition) is 0. The fourth-order valence-electron chi connectivity index (χ4n) is 10.2. The number of fused-ring (bicyclic) bond motifs is 6. The summed E-state index contributed by atoms with van der Waals surface area (Å²) in [6.45, 7) is 0. The van der Waals surface area contributed by atoms with Crippen molar-refractivity contribution >= 4 is 72.4 Å². The van der Waals surface area contributed by atoms with Crippen molar-refractivity contribution in [2.75, 3.05) is 0 Å². The normalized spacial score (nSPS) is 11.8. The van der Waals surface area contributed by atoms with E-state index in [1.165, 1.54) is 86.6 Å². The van der Waals surface area contributed by atoms with Crippen LogP contribution in [0.4, 0.5) is 0 Å². The summed E-state index contributed by atoms with van der Waals surface area (Å²) >= 11 is 0. The van der Waals surface area contributed by atoms with E-state index < -0.39 is 8.07 Å². The fourth-order valence-corrected chi connectivity index (χ4v) is 15.0. The summed E-state index contributed by atoms with van der Waals surface area (Å²) in [5, 5.41) is 10.4. The van der Waals surface area contributed by atoms with Gasteiger partial charge in [-0.2, -0.15) is 0 Å². The molecule has 0 aliphatic heterocycles. The fraction of sp³-hybridized carbons (Fsp3) is 0. The minimum Gasteiger partial charge on any atom is -0.309 e. The van der Waals surface area contributed by atoms with E-state index in [2.05, 4.69) is 264 Å². The summed E-state index contributed by atoms with van der Waals surface area (Å²) in [4.78, 5) is 0. The smallest absolute Gasteiger partial charge is 0.179 e. The number of para-hydroxylation sites is 1. The van der Waals surface area contributed by atoms with Crippen LogP contribution in [0.2, 0.25) is 0 Å². The second-order valence-electron chi connectivity index (χ2n) is 16.5. The summed E-state index contributed by atoms with van der Waals surface area (Å²) in [6, 6.07) is 94.3. The van der Waals surface area contributed by atoms with E-state index in [4.69, 9.17) is 0 Å². The molecule has 12 aromatic rings. The van der Waals surface area contributed by atoms with Gasteiger partial charge in [-0.15, -0.1) is 0 Å². The first-order chi connectivity index (χ1) is 31.3. The van der Waals surface area contributed by atoms with Crippen LogP contribution in [0.1, 0.15) is 0 Å². The predicted molar refractivity (Wildman–Crippen MR) is 270 cm³/mol. The van der Waals surface area contributed by atoms with E-state index in [1.807, 2.05) is 0 Å². The molecule has 296 valence electrons. The van der Waals surface area contributed by atoms with Gasteiger partial charge in [0.15, 0.2) is 8.07 Å². The maximum absolute atomic E-state index is 2.82. The van der Waals surface area contributed by atoms with Gasteiger partial charge in [-0.25, -0.2) is 0 Å². The zero-order chi connectivity index (χ0) is 41.7. The summed E-state index contributed by atoms with van der Waals surface area (Å²) in [5.41, 5.74) is 11.8. The average Bonchev–Trinajstić information content (AvgIpc) is 3.87. The van der Waals surface area contributed by atoms with Crippen LogP contribution in [0, 0.1) is 0 Å². The summed E-state index contributed by atoms with van der Waals surface area (Å²) in [7, 11) is -2.82. The second kappa shape index (κ2) is 15.2. The molecule has 63 heavy (non-hydrogen) atoms. The first-order valence-electron chi connectivity index (χ1n) is 21.8. The Bertz CT molecular complexity index is 3480. The summed E-state index contributed by atoms with van der Waals surface area (Å²) < 4.78 is 4.97. The predicted octanol–water partition coefficient (Wildman–Crippen LogP) is 12.6. The van der Waals surface area contributed by atoms with Crippen molar-refractivity contribution in [3.8, 4) is 33.6 Å². The molecule has 2 nitrogen and oxygen atoms in total. The molecule has 0 unspecified atom stereocenters. The monoisotopic (exact) mass is 818 g/mol. The van der Waals surface area contributed by atoms with Crippen LogP contribution in [0.3, 0.4) is 0 Å². The van der Waals surface area contributed by atoms with E-state index in [1.54, 1.807) is 0 Å². The third-order valence-corrected chi connectivity index (χ3v) is 17.9. The molecule has 2 heterocycles. The van der Waals surface area contributed by atoms with Gasteiger partial charge in [0.2, 0.25) is 0 Å². The highest BCUT2D eigenvalue weighted by Crippen LogP contribution is 2.38. The maximum Gasteiger partial charge on any atom is 0.179 e. The van der Waals surface area contributed by atoms with Crippen molar-refractivity contribution in [2.24, 2.45) is 0 Å². The molecule has 0 fully saturated rings. The molecule has 0 N–H and O–H groups in total.